The molecule has 0 aliphatic heterocycles. The molecule has 0 aliphatic carbocycles. The van der Waals surface area contributed by atoms with Gasteiger partial charge in [0.2, 0.25) is 0 Å². The van der Waals surface area contributed by atoms with Gasteiger partial charge >= 0.3 is 0 Å². The van der Waals surface area contributed by atoms with Crippen LogP contribution in [0.3, 0.4) is 0 Å². The summed E-state index contributed by atoms with van der Waals surface area (Å²) < 4.78 is 2.70. The lowest BCUT2D eigenvalue weighted by atomic mass is 10.2. The summed E-state index contributed by atoms with van der Waals surface area (Å²) in [7, 11) is 1.82. The van der Waals surface area contributed by atoms with Crippen LogP contribution in [-0.4, -0.2) is 32.0 Å². The topological polar surface area (TPSA) is 50.9 Å². The first kappa shape index (κ1) is 13.6. The first-order valence-electron chi connectivity index (χ1n) is 5.56. The van der Waals surface area contributed by atoms with Gasteiger partial charge in [-0.1, -0.05) is 17.3 Å². The minimum absolute atomic E-state index is 0.418. The minimum Gasteiger partial charge on any atom is -0.392 e. The van der Waals surface area contributed by atoms with Gasteiger partial charge in [-0.25, -0.2) is 0 Å². The van der Waals surface area contributed by atoms with Crippen molar-refractivity contribution in [3.63, 3.8) is 0 Å². The number of halogens is 1. The SMILES string of the molecule is Cn1cc(CC(O)CSc2ccccc2Br)nn1. The van der Waals surface area contributed by atoms with Crippen molar-refractivity contribution in [3.8, 4) is 0 Å². The van der Waals surface area contributed by atoms with E-state index in [2.05, 4.69) is 26.2 Å². The molecule has 0 amide bonds. The molecule has 1 atom stereocenters. The maximum absolute atomic E-state index is 9.95. The number of aliphatic hydroxyl groups is 1. The number of nitrogens with zero attached hydrogens (tertiary/aromatic N) is 3. The summed E-state index contributed by atoms with van der Waals surface area (Å²) in [6, 6.07) is 7.99. The van der Waals surface area contributed by atoms with Crippen LogP contribution in [0.2, 0.25) is 0 Å². The fourth-order valence-corrected chi connectivity index (χ4v) is 3.04. The largest absolute Gasteiger partial charge is 0.392 e. The van der Waals surface area contributed by atoms with Gasteiger partial charge in [-0.05, 0) is 28.1 Å². The van der Waals surface area contributed by atoms with Gasteiger partial charge in [0.05, 0.1) is 11.8 Å². The van der Waals surface area contributed by atoms with E-state index >= 15 is 0 Å². The van der Waals surface area contributed by atoms with E-state index in [-0.39, 0.29) is 0 Å². The molecule has 18 heavy (non-hydrogen) atoms. The van der Waals surface area contributed by atoms with Gasteiger partial charge in [-0.15, -0.1) is 16.9 Å². The zero-order valence-corrected chi connectivity index (χ0v) is 12.4. The molecule has 1 unspecified atom stereocenters. The second-order valence-electron chi connectivity index (χ2n) is 3.98. The molecule has 4 nitrogen and oxygen atoms in total. The summed E-state index contributed by atoms with van der Waals surface area (Å²) >= 11 is 5.12. The third-order valence-corrected chi connectivity index (χ3v) is 4.54. The number of hydrogen-bond donors (Lipinski definition) is 1. The lowest BCUT2D eigenvalue weighted by Crippen LogP contribution is -2.13. The van der Waals surface area contributed by atoms with Crippen LogP contribution in [0, 0.1) is 0 Å². The monoisotopic (exact) mass is 327 g/mol. The molecule has 0 radical (unpaired) electrons. The summed E-state index contributed by atoms with van der Waals surface area (Å²) in [5.74, 6) is 0.638. The normalized spacial score (nSPS) is 12.6. The lowest BCUT2D eigenvalue weighted by molar-refractivity contribution is 0.199. The predicted octanol–water partition coefficient (Wildman–Crippen LogP) is 2.27. The van der Waals surface area contributed by atoms with Gasteiger partial charge in [0.15, 0.2) is 0 Å². The van der Waals surface area contributed by atoms with E-state index in [0.29, 0.717) is 12.2 Å². The summed E-state index contributed by atoms with van der Waals surface area (Å²) in [5.41, 5.74) is 0.817. The quantitative estimate of drug-likeness (QED) is 0.856. The predicted molar refractivity (Wildman–Crippen MR) is 75.6 cm³/mol. The Morgan fingerprint density at radius 2 is 2.22 bits per heavy atom. The van der Waals surface area contributed by atoms with Crippen LogP contribution < -0.4 is 0 Å². The maximum atomic E-state index is 9.95. The minimum atomic E-state index is -0.418. The molecule has 0 fully saturated rings. The Bertz CT molecular complexity index is 518. The smallest absolute Gasteiger partial charge is 0.0853 e. The van der Waals surface area contributed by atoms with Crippen molar-refractivity contribution in [1.29, 1.82) is 0 Å². The number of aryl methyl sites for hydroxylation is 1. The highest BCUT2D eigenvalue weighted by atomic mass is 79.9. The molecule has 0 saturated heterocycles. The molecule has 0 spiro atoms. The first-order chi connectivity index (χ1) is 8.65. The number of aromatic nitrogens is 3. The molecule has 1 N–H and O–H groups in total. The molecule has 0 aliphatic rings. The maximum Gasteiger partial charge on any atom is 0.0853 e. The Hall–Kier alpha value is -0.850. The Balaban J connectivity index is 1.85. The Morgan fingerprint density at radius 1 is 1.44 bits per heavy atom. The number of thioether (sulfide) groups is 1. The van der Waals surface area contributed by atoms with Crippen molar-refractivity contribution in [1.82, 2.24) is 15.0 Å². The highest BCUT2D eigenvalue weighted by Gasteiger charge is 2.10. The van der Waals surface area contributed by atoms with Crippen molar-refractivity contribution in [3.05, 3.63) is 40.6 Å². The molecule has 2 aromatic rings. The van der Waals surface area contributed by atoms with Crippen molar-refractivity contribution in [2.45, 2.75) is 17.4 Å². The molecule has 1 aromatic carbocycles. The van der Waals surface area contributed by atoms with Crippen molar-refractivity contribution < 1.29 is 5.11 Å². The highest BCUT2D eigenvalue weighted by molar-refractivity contribution is 9.10. The van der Waals surface area contributed by atoms with E-state index in [1.54, 1.807) is 16.4 Å². The first-order valence-corrected chi connectivity index (χ1v) is 7.33. The van der Waals surface area contributed by atoms with Gasteiger partial charge in [0.25, 0.3) is 0 Å². The van der Waals surface area contributed by atoms with Crippen molar-refractivity contribution in [2.24, 2.45) is 7.05 Å². The summed E-state index contributed by atoms with van der Waals surface area (Å²) in [4.78, 5) is 1.13. The average Bonchev–Trinajstić information content (AvgIpc) is 2.74. The zero-order chi connectivity index (χ0) is 13.0. The molecule has 0 saturated carbocycles. The lowest BCUT2D eigenvalue weighted by Gasteiger charge is -2.09. The molecular weight excluding hydrogens is 314 g/mol. The summed E-state index contributed by atoms with van der Waals surface area (Å²) in [5, 5.41) is 17.8. The van der Waals surface area contributed by atoms with E-state index in [1.807, 2.05) is 37.5 Å². The number of benzene rings is 1. The fourth-order valence-electron chi connectivity index (χ4n) is 1.54. The second-order valence-corrected chi connectivity index (χ2v) is 5.90. The Kier molecular flexibility index (Phi) is 4.79. The van der Waals surface area contributed by atoms with Crippen LogP contribution in [0.4, 0.5) is 0 Å². The Labute approximate surface area is 119 Å². The Morgan fingerprint density at radius 3 is 2.89 bits per heavy atom. The van der Waals surface area contributed by atoms with E-state index in [1.165, 1.54) is 0 Å². The number of hydrogen-bond acceptors (Lipinski definition) is 4. The number of aliphatic hydroxyl groups excluding tert-OH is 1. The molecule has 1 aromatic heterocycles. The fraction of sp³-hybridized carbons (Fsp3) is 0.333. The van der Waals surface area contributed by atoms with Crippen molar-refractivity contribution in [2.75, 3.05) is 5.75 Å². The summed E-state index contributed by atoms with van der Waals surface area (Å²) in [6.45, 7) is 0. The van der Waals surface area contributed by atoms with Gasteiger partial charge in [0.1, 0.15) is 0 Å². The van der Waals surface area contributed by atoms with E-state index < -0.39 is 6.10 Å². The van der Waals surface area contributed by atoms with Crippen LogP contribution in [0.25, 0.3) is 0 Å². The highest BCUT2D eigenvalue weighted by Crippen LogP contribution is 2.27. The molecule has 96 valence electrons. The molecule has 2 rings (SSSR count). The van der Waals surface area contributed by atoms with Crippen LogP contribution in [-0.2, 0) is 13.5 Å². The number of rotatable bonds is 5. The molecular formula is C12H14BrN3OS. The van der Waals surface area contributed by atoms with E-state index in [4.69, 9.17) is 0 Å². The standard InChI is InChI=1S/C12H14BrN3OS/c1-16-7-9(14-15-16)6-10(17)8-18-12-5-3-2-4-11(12)13/h2-5,7,10,17H,6,8H2,1H3. The summed E-state index contributed by atoms with van der Waals surface area (Å²) in [6.07, 6.45) is 1.94. The van der Waals surface area contributed by atoms with Crippen molar-refractivity contribution >= 4 is 27.7 Å². The van der Waals surface area contributed by atoms with Gasteiger partial charge in [-0.3, -0.25) is 4.68 Å². The zero-order valence-electron chi connectivity index (χ0n) is 9.95. The molecule has 0 bridgehead atoms. The van der Waals surface area contributed by atoms with E-state index in [0.717, 1.165) is 15.1 Å². The average molecular weight is 328 g/mol. The second kappa shape index (κ2) is 6.36. The third kappa shape index (κ3) is 3.83. The van der Waals surface area contributed by atoms with Gasteiger partial charge in [-0.2, -0.15) is 0 Å². The molecule has 6 heteroatoms. The van der Waals surface area contributed by atoms with Crippen LogP contribution in [0.1, 0.15) is 5.69 Å². The van der Waals surface area contributed by atoms with E-state index in [9.17, 15) is 5.11 Å². The van der Waals surface area contributed by atoms with Crippen LogP contribution in [0.5, 0.6) is 0 Å². The van der Waals surface area contributed by atoms with Gasteiger partial charge in [0, 0.05) is 34.8 Å². The molecule has 1 heterocycles. The van der Waals surface area contributed by atoms with Crippen LogP contribution in [0.15, 0.2) is 39.8 Å². The third-order valence-electron chi connectivity index (χ3n) is 2.36. The van der Waals surface area contributed by atoms with Crippen LogP contribution >= 0.6 is 27.7 Å². The van der Waals surface area contributed by atoms with Gasteiger partial charge < -0.3 is 5.11 Å².